The molecule has 0 heterocycles. The molecular formula is C90H182O12. The van der Waals surface area contributed by atoms with Crippen LogP contribution in [0.2, 0.25) is 0 Å². The number of rotatable bonds is 83. The summed E-state index contributed by atoms with van der Waals surface area (Å²) in [7, 11) is 0. The Morgan fingerprint density at radius 3 is 0.343 bits per heavy atom. The molecule has 614 valence electrons. The van der Waals surface area contributed by atoms with Crippen LogP contribution in [-0.4, -0.2) is 101 Å². The molecule has 12 nitrogen and oxygen atoms in total. The molecule has 0 spiro atoms. The Hall–Kier alpha value is -1.83. The van der Waals surface area contributed by atoms with Gasteiger partial charge in [0.1, 0.15) is 24.4 Å². The van der Waals surface area contributed by atoms with E-state index in [-0.39, 0.29) is 0 Å². The zero-order chi connectivity index (χ0) is 75.6. The van der Waals surface area contributed by atoms with E-state index in [1.807, 2.05) is 0 Å². The Bertz CT molecular complexity index is 1370. The summed E-state index contributed by atoms with van der Waals surface area (Å²) in [6, 6.07) is 0. The molecule has 0 rings (SSSR count). The quantitative estimate of drug-likeness (QED) is 0.0259. The van der Waals surface area contributed by atoms with Gasteiger partial charge in [0.05, 0.1) is 13.2 Å². The van der Waals surface area contributed by atoms with E-state index in [9.17, 15) is 14.4 Å². The molecule has 0 aromatic carbocycles. The van der Waals surface area contributed by atoms with Crippen LogP contribution in [0.3, 0.4) is 0 Å². The van der Waals surface area contributed by atoms with E-state index in [1.165, 1.54) is 443 Å². The van der Waals surface area contributed by atoms with E-state index >= 15 is 0 Å². The van der Waals surface area contributed by atoms with Crippen molar-refractivity contribution in [1.29, 1.82) is 0 Å². The van der Waals surface area contributed by atoms with Crippen molar-refractivity contribution >= 4 is 17.9 Å². The van der Waals surface area contributed by atoms with E-state index in [1.54, 1.807) is 0 Å². The average Bonchev–Trinajstić information content (AvgIpc) is 0.956. The van der Waals surface area contributed by atoms with Crippen LogP contribution in [0.15, 0.2) is 0 Å². The normalized spacial score (nSPS) is 12.4. The second-order valence-corrected chi connectivity index (χ2v) is 31.4. The summed E-state index contributed by atoms with van der Waals surface area (Å²) in [4.78, 5) is 31.3. The zero-order valence-corrected chi connectivity index (χ0v) is 68.6. The summed E-state index contributed by atoms with van der Waals surface area (Å²) in [5.41, 5.74) is 0. The third-order valence-electron chi connectivity index (χ3n) is 21.0. The van der Waals surface area contributed by atoms with Gasteiger partial charge in [0, 0.05) is 19.3 Å². The minimum atomic E-state index is -1.67. The van der Waals surface area contributed by atoms with Gasteiger partial charge in [0.15, 0.2) is 0 Å². The van der Waals surface area contributed by atoms with E-state index in [0.29, 0.717) is 19.3 Å². The Kier molecular flexibility index (Phi) is 101. The van der Waals surface area contributed by atoms with Gasteiger partial charge in [-0.15, -0.1) is 0 Å². The summed E-state index contributed by atoms with van der Waals surface area (Å²) in [6.45, 7) is 5.43. The molecule has 0 bridgehead atoms. The van der Waals surface area contributed by atoms with Crippen molar-refractivity contribution in [2.24, 2.45) is 0 Å². The Morgan fingerprint density at radius 2 is 0.265 bits per heavy atom. The van der Waals surface area contributed by atoms with Crippen molar-refractivity contribution in [2.45, 2.75) is 546 Å². The van der Waals surface area contributed by atoms with Gasteiger partial charge >= 0.3 is 17.9 Å². The average molecular weight is 1460 g/mol. The van der Waals surface area contributed by atoms with Gasteiger partial charge < -0.3 is 46.0 Å². The highest BCUT2D eigenvalue weighted by Crippen LogP contribution is 2.21. The van der Waals surface area contributed by atoms with Crippen molar-refractivity contribution in [1.82, 2.24) is 0 Å². The molecule has 0 amide bonds. The monoisotopic (exact) mass is 1460 g/mol. The molecule has 0 aliphatic rings. The van der Waals surface area contributed by atoms with Gasteiger partial charge in [0.25, 0.3) is 0 Å². The van der Waals surface area contributed by atoms with Crippen LogP contribution in [0, 0.1) is 0 Å². The Morgan fingerprint density at radius 1 is 0.176 bits per heavy atom. The molecule has 0 radical (unpaired) electrons. The molecule has 0 saturated carbocycles. The van der Waals surface area contributed by atoms with E-state index in [4.69, 9.17) is 46.0 Å². The minimum absolute atomic E-state index is 0.347. The second kappa shape index (κ2) is 97.2. The predicted molar refractivity (Wildman–Crippen MR) is 438 cm³/mol. The highest BCUT2D eigenvalue weighted by atomic mass is 16.4. The van der Waals surface area contributed by atoms with Crippen LogP contribution in [-0.2, 0) is 14.4 Å². The first-order valence-corrected chi connectivity index (χ1v) is 45.4. The fourth-order valence-electron chi connectivity index (χ4n) is 13.9. The molecule has 0 aliphatic heterocycles. The summed E-state index contributed by atoms with van der Waals surface area (Å²) in [6.07, 6.45) is 98.6. The Balaban J connectivity index is -0.000000652. The largest absolute Gasteiger partial charge is 0.481 e. The lowest BCUT2D eigenvalue weighted by atomic mass is 10.0. The van der Waals surface area contributed by atoms with Crippen LogP contribution in [0.25, 0.3) is 0 Å². The summed E-state index contributed by atoms with van der Waals surface area (Å²) < 4.78 is 0. The lowest BCUT2D eigenvalue weighted by Crippen LogP contribution is -2.46. The van der Waals surface area contributed by atoms with E-state index < -0.39 is 55.5 Å². The fourth-order valence-corrected chi connectivity index (χ4v) is 13.9. The predicted octanol–water partition coefficient (Wildman–Crippen LogP) is 27.1. The van der Waals surface area contributed by atoms with Crippen molar-refractivity contribution in [2.75, 3.05) is 13.2 Å². The smallest absolute Gasteiger partial charge is 0.303 e. The maximum Gasteiger partial charge on any atom is 0.303 e. The summed E-state index contributed by atoms with van der Waals surface area (Å²) in [5.74, 6) is -1.95. The van der Waals surface area contributed by atoms with Crippen LogP contribution in [0.4, 0.5) is 0 Å². The van der Waals surface area contributed by atoms with Gasteiger partial charge in [-0.05, 0) is 19.3 Å². The number of carboxylic acid groups (broad SMARTS) is 3. The molecule has 12 heteroatoms. The first kappa shape index (κ1) is 107. The van der Waals surface area contributed by atoms with Crippen LogP contribution in [0.5, 0.6) is 0 Å². The molecule has 4 atom stereocenters. The highest BCUT2D eigenvalue weighted by Gasteiger charge is 2.29. The van der Waals surface area contributed by atoms with Crippen LogP contribution >= 0.6 is 0 Å². The van der Waals surface area contributed by atoms with Crippen LogP contribution < -0.4 is 0 Å². The van der Waals surface area contributed by atoms with Gasteiger partial charge in [-0.1, -0.05) is 483 Å². The minimum Gasteiger partial charge on any atom is -0.481 e. The van der Waals surface area contributed by atoms with Crippen molar-refractivity contribution in [3.63, 3.8) is 0 Å². The summed E-state index contributed by atoms with van der Waals surface area (Å²) in [5, 5.41) is 78.0. The van der Waals surface area contributed by atoms with Crippen molar-refractivity contribution in [3.05, 3.63) is 0 Å². The Labute approximate surface area is 634 Å². The summed E-state index contributed by atoms with van der Waals surface area (Å²) >= 11 is 0. The number of aliphatic hydroxyl groups excluding tert-OH is 6. The van der Waals surface area contributed by atoms with Gasteiger partial charge in [-0.25, -0.2) is 0 Å². The third-order valence-corrected chi connectivity index (χ3v) is 21.0. The maximum absolute atomic E-state index is 10.4. The number of carbonyl (C=O) groups is 3. The number of carboxylic acids is 3. The van der Waals surface area contributed by atoms with Crippen molar-refractivity contribution < 1.29 is 60.3 Å². The first-order chi connectivity index (χ1) is 49.9. The number of aliphatic hydroxyl groups is 6. The maximum atomic E-state index is 10.4. The second-order valence-electron chi connectivity index (χ2n) is 31.4. The zero-order valence-electron chi connectivity index (χ0n) is 68.6. The topological polar surface area (TPSA) is 233 Å². The molecule has 0 aromatic heterocycles. The molecule has 0 fully saturated rings. The highest BCUT2D eigenvalue weighted by molar-refractivity contribution is 5.67. The third kappa shape index (κ3) is 102. The number of hydrogen-bond acceptors (Lipinski definition) is 9. The van der Waals surface area contributed by atoms with Gasteiger partial charge in [-0.3, -0.25) is 14.4 Å². The first-order valence-electron chi connectivity index (χ1n) is 45.4. The van der Waals surface area contributed by atoms with Gasteiger partial charge in [-0.2, -0.15) is 0 Å². The van der Waals surface area contributed by atoms with E-state index in [0.717, 1.165) is 38.5 Å². The molecule has 0 aromatic rings. The van der Waals surface area contributed by atoms with Crippen molar-refractivity contribution in [3.8, 4) is 0 Å². The van der Waals surface area contributed by atoms with Crippen LogP contribution in [0.1, 0.15) is 522 Å². The lowest BCUT2D eigenvalue weighted by Gasteiger charge is -2.24. The molecule has 0 unspecified atom stereocenters. The standard InChI is InChI=1S/3C28H56O2.C6H14O6/c3*1-2-3-4-5-6-7-8-9-10-11-12-13-14-15-16-17-18-19-20-21-22-23-24-25-26-27-28(29)30;7-1-3(9)5(11)6(12)4(10)2-8/h3*2-27H2,1H3,(H,29,30);3-12H,1-2H2/t;;;3-,4+,5-,6-/m...1/s1. The van der Waals surface area contributed by atoms with Gasteiger partial charge in [0.2, 0.25) is 0 Å². The molecule has 9 N–H and O–H groups in total. The molecule has 0 aliphatic carbocycles. The molecular weight excluding hydrogens is 1270 g/mol. The number of hydrogen-bond donors (Lipinski definition) is 9. The number of unbranched alkanes of at least 4 members (excludes halogenated alkanes) is 72. The van der Waals surface area contributed by atoms with E-state index in [2.05, 4.69) is 20.8 Å². The number of aliphatic carboxylic acids is 3. The molecule has 0 saturated heterocycles. The lowest BCUT2D eigenvalue weighted by molar-refractivity contribution is -0.138. The molecule has 102 heavy (non-hydrogen) atoms. The SMILES string of the molecule is CCCCCCCCCCCCCCCCCCCCCCCCCCCC(=O)O.CCCCCCCCCCCCCCCCCCCCCCCCCCCC(=O)O.CCCCCCCCCCCCCCCCCCCCCCCCCCCC(=O)O.OC[C@@H](O)[C@@H](O)[C@H](O)[C@@H](O)CO. The fraction of sp³-hybridized carbons (Fsp3) is 0.967.